The van der Waals surface area contributed by atoms with Crippen molar-refractivity contribution < 1.29 is 9.59 Å². The van der Waals surface area contributed by atoms with Crippen LogP contribution in [0.2, 0.25) is 0 Å². The standard InChI is InChI=1S/C9H16Cl2N2O2/c10-4-2-8(14)12-6-1-7-13-9(15)3-5-11/h1-7H2,(H,12,14)(H,13,15). The Morgan fingerprint density at radius 1 is 0.867 bits per heavy atom. The molecule has 0 rings (SSSR count). The summed E-state index contributed by atoms with van der Waals surface area (Å²) in [6, 6.07) is 0. The van der Waals surface area contributed by atoms with Crippen LogP contribution in [0.5, 0.6) is 0 Å². The maximum absolute atomic E-state index is 10.9. The van der Waals surface area contributed by atoms with E-state index in [0.29, 0.717) is 44.1 Å². The van der Waals surface area contributed by atoms with E-state index < -0.39 is 0 Å². The van der Waals surface area contributed by atoms with Gasteiger partial charge in [0.15, 0.2) is 0 Å². The van der Waals surface area contributed by atoms with Crippen molar-refractivity contribution in [2.24, 2.45) is 0 Å². The van der Waals surface area contributed by atoms with Gasteiger partial charge < -0.3 is 10.6 Å². The average molecular weight is 255 g/mol. The molecule has 0 saturated heterocycles. The number of rotatable bonds is 8. The molecular weight excluding hydrogens is 239 g/mol. The van der Waals surface area contributed by atoms with Crippen LogP contribution in [0.1, 0.15) is 19.3 Å². The zero-order chi connectivity index (χ0) is 11.5. The van der Waals surface area contributed by atoms with Crippen LogP contribution in [0, 0.1) is 0 Å². The number of carbonyl (C=O) groups excluding carboxylic acids is 2. The highest BCUT2D eigenvalue weighted by Crippen LogP contribution is 1.86. The zero-order valence-corrected chi connectivity index (χ0v) is 10.0. The molecule has 0 bridgehead atoms. The first-order valence-electron chi connectivity index (χ1n) is 4.86. The van der Waals surface area contributed by atoms with Crippen LogP contribution >= 0.6 is 23.2 Å². The van der Waals surface area contributed by atoms with Crippen molar-refractivity contribution in [1.82, 2.24) is 10.6 Å². The Bertz CT molecular complexity index is 181. The van der Waals surface area contributed by atoms with Crippen LogP contribution in [0.4, 0.5) is 0 Å². The van der Waals surface area contributed by atoms with Gasteiger partial charge in [0.2, 0.25) is 11.8 Å². The topological polar surface area (TPSA) is 58.2 Å². The van der Waals surface area contributed by atoms with E-state index in [4.69, 9.17) is 23.2 Å². The molecule has 4 nitrogen and oxygen atoms in total. The summed E-state index contributed by atoms with van der Waals surface area (Å²) >= 11 is 10.8. The second-order valence-electron chi connectivity index (χ2n) is 2.93. The maximum Gasteiger partial charge on any atom is 0.221 e. The van der Waals surface area contributed by atoms with Crippen molar-refractivity contribution in [3.8, 4) is 0 Å². The van der Waals surface area contributed by atoms with Gasteiger partial charge in [0.05, 0.1) is 0 Å². The molecule has 6 heteroatoms. The number of carbonyl (C=O) groups is 2. The highest BCUT2D eigenvalue weighted by molar-refractivity contribution is 6.19. The van der Waals surface area contributed by atoms with E-state index in [0.717, 1.165) is 0 Å². The van der Waals surface area contributed by atoms with E-state index in [1.165, 1.54) is 0 Å². The monoisotopic (exact) mass is 254 g/mol. The Hall–Kier alpha value is -0.480. The highest BCUT2D eigenvalue weighted by atomic mass is 35.5. The fraction of sp³-hybridized carbons (Fsp3) is 0.778. The largest absolute Gasteiger partial charge is 0.356 e. The Labute approximate surface area is 99.7 Å². The van der Waals surface area contributed by atoms with E-state index in [1.807, 2.05) is 0 Å². The summed E-state index contributed by atoms with van der Waals surface area (Å²) in [4.78, 5) is 21.9. The van der Waals surface area contributed by atoms with Crippen molar-refractivity contribution in [2.45, 2.75) is 19.3 Å². The molecule has 0 radical (unpaired) electrons. The van der Waals surface area contributed by atoms with Crippen molar-refractivity contribution in [3.05, 3.63) is 0 Å². The van der Waals surface area contributed by atoms with Crippen molar-refractivity contribution in [1.29, 1.82) is 0 Å². The second-order valence-corrected chi connectivity index (χ2v) is 3.69. The van der Waals surface area contributed by atoms with Crippen LogP contribution < -0.4 is 10.6 Å². The minimum Gasteiger partial charge on any atom is -0.356 e. The van der Waals surface area contributed by atoms with Crippen LogP contribution in [0.25, 0.3) is 0 Å². The number of alkyl halides is 2. The summed E-state index contributed by atoms with van der Waals surface area (Å²) < 4.78 is 0. The lowest BCUT2D eigenvalue weighted by Gasteiger charge is -2.05. The normalized spacial score (nSPS) is 9.73. The Morgan fingerprint density at radius 3 is 1.60 bits per heavy atom. The Kier molecular flexibility index (Phi) is 9.73. The van der Waals surface area contributed by atoms with Crippen molar-refractivity contribution >= 4 is 35.0 Å². The van der Waals surface area contributed by atoms with E-state index in [-0.39, 0.29) is 11.8 Å². The molecule has 0 atom stereocenters. The number of halogens is 2. The lowest BCUT2D eigenvalue weighted by molar-refractivity contribution is -0.121. The van der Waals surface area contributed by atoms with Crippen molar-refractivity contribution in [3.63, 3.8) is 0 Å². The van der Waals surface area contributed by atoms with E-state index >= 15 is 0 Å². The van der Waals surface area contributed by atoms with Gasteiger partial charge in [-0.2, -0.15) is 0 Å². The Morgan fingerprint density at radius 2 is 1.27 bits per heavy atom. The number of hydrogen-bond acceptors (Lipinski definition) is 2. The number of nitrogens with one attached hydrogen (secondary N) is 2. The molecule has 15 heavy (non-hydrogen) atoms. The molecule has 0 aromatic rings. The minimum atomic E-state index is -0.0583. The molecule has 0 aliphatic heterocycles. The third-order valence-electron chi connectivity index (χ3n) is 1.64. The molecule has 0 saturated carbocycles. The van der Waals surface area contributed by atoms with E-state index in [9.17, 15) is 9.59 Å². The van der Waals surface area contributed by atoms with Gasteiger partial charge >= 0.3 is 0 Å². The summed E-state index contributed by atoms with van der Waals surface area (Å²) in [6.45, 7) is 1.10. The van der Waals surface area contributed by atoms with Gasteiger partial charge in [-0.25, -0.2) is 0 Å². The summed E-state index contributed by atoms with van der Waals surface area (Å²) in [7, 11) is 0. The van der Waals surface area contributed by atoms with Gasteiger partial charge in [-0.3, -0.25) is 9.59 Å². The van der Waals surface area contributed by atoms with Gasteiger partial charge in [-0.15, -0.1) is 23.2 Å². The van der Waals surface area contributed by atoms with Crippen LogP contribution in [-0.2, 0) is 9.59 Å². The molecule has 88 valence electrons. The second kappa shape index (κ2) is 10.1. The first-order chi connectivity index (χ1) is 7.20. The molecule has 0 aromatic heterocycles. The molecule has 0 heterocycles. The average Bonchev–Trinajstić information content (AvgIpc) is 2.18. The summed E-state index contributed by atoms with van der Waals surface area (Å²) in [5, 5.41) is 5.38. The lowest BCUT2D eigenvalue weighted by atomic mass is 10.3. The zero-order valence-electron chi connectivity index (χ0n) is 8.52. The molecule has 0 aliphatic carbocycles. The third-order valence-corrected chi connectivity index (χ3v) is 2.02. The predicted molar refractivity (Wildman–Crippen MR) is 61.3 cm³/mol. The predicted octanol–water partition coefficient (Wildman–Crippen LogP) is 0.867. The highest BCUT2D eigenvalue weighted by Gasteiger charge is 2.00. The van der Waals surface area contributed by atoms with Gasteiger partial charge in [0.1, 0.15) is 0 Å². The number of amides is 2. The fourth-order valence-electron chi connectivity index (χ4n) is 0.892. The first kappa shape index (κ1) is 14.5. The smallest absolute Gasteiger partial charge is 0.221 e. The quantitative estimate of drug-likeness (QED) is 0.499. The molecule has 0 aliphatic rings. The molecule has 2 amide bonds. The molecule has 0 spiro atoms. The summed E-state index contributed by atoms with van der Waals surface area (Å²) in [6.07, 6.45) is 1.38. The summed E-state index contributed by atoms with van der Waals surface area (Å²) in [5.41, 5.74) is 0. The Balaban J connectivity index is 3.24. The van der Waals surface area contributed by atoms with Gasteiger partial charge in [-0.05, 0) is 6.42 Å². The van der Waals surface area contributed by atoms with Gasteiger partial charge in [-0.1, -0.05) is 0 Å². The van der Waals surface area contributed by atoms with E-state index in [2.05, 4.69) is 10.6 Å². The lowest BCUT2D eigenvalue weighted by Crippen LogP contribution is -2.29. The SMILES string of the molecule is O=C(CCCl)NCCCNC(=O)CCCl. The van der Waals surface area contributed by atoms with Gasteiger partial charge in [0.25, 0.3) is 0 Å². The van der Waals surface area contributed by atoms with Crippen LogP contribution in [-0.4, -0.2) is 36.7 Å². The molecule has 0 aromatic carbocycles. The van der Waals surface area contributed by atoms with Gasteiger partial charge in [0, 0.05) is 37.7 Å². The number of hydrogen-bond donors (Lipinski definition) is 2. The van der Waals surface area contributed by atoms with Crippen molar-refractivity contribution in [2.75, 3.05) is 24.8 Å². The molecule has 2 N–H and O–H groups in total. The third kappa shape index (κ3) is 9.82. The fourth-order valence-corrected chi connectivity index (χ4v) is 1.24. The molecular formula is C9H16Cl2N2O2. The summed E-state index contributed by atoms with van der Waals surface area (Å²) in [5.74, 6) is 0.547. The minimum absolute atomic E-state index is 0.0583. The van der Waals surface area contributed by atoms with Crippen LogP contribution in [0.3, 0.4) is 0 Å². The first-order valence-corrected chi connectivity index (χ1v) is 5.93. The van der Waals surface area contributed by atoms with E-state index in [1.54, 1.807) is 0 Å². The van der Waals surface area contributed by atoms with Crippen LogP contribution in [0.15, 0.2) is 0 Å². The molecule has 0 unspecified atom stereocenters. The maximum atomic E-state index is 10.9. The molecule has 0 fully saturated rings.